The van der Waals surface area contributed by atoms with Gasteiger partial charge in [0.25, 0.3) is 0 Å². The average Bonchev–Trinajstić information content (AvgIpc) is 3.45. The van der Waals surface area contributed by atoms with Crippen molar-refractivity contribution in [3.05, 3.63) is 52.2 Å². The molecule has 0 radical (unpaired) electrons. The molecule has 0 bridgehead atoms. The molecule has 7 nitrogen and oxygen atoms in total. The lowest BCUT2D eigenvalue weighted by molar-refractivity contribution is -0.139. The molecule has 1 aromatic heterocycles. The summed E-state index contributed by atoms with van der Waals surface area (Å²) in [6.07, 6.45) is -3.87. The van der Waals surface area contributed by atoms with E-state index in [2.05, 4.69) is 16.2 Å². The number of benzene rings is 1. The van der Waals surface area contributed by atoms with Crippen LogP contribution in [0.2, 0.25) is 0 Å². The molecule has 3 heterocycles. The standard InChI is InChI=1S/C20H23F3N4O3S2/c21-20(22,23)14-4-1-2-6-17(14)32(29,30)27-9-7-13(8-10-27)19(28)24-18-12-15(25-26-18)16-5-3-11-31-16/h1-6,11,13,15,18,25-26H,7-10,12H2,(H,24,28). The van der Waals surface area contributed by atoms with Gasteiger partial charge in [0.2, 0.25) is 15.9 Å². The number of thiophene rings is 1. The molecule has 32 heavy (non-hydrogen) atoms. The van der Waals surface area contributed by atoms with Crippen LogP contribution < -0.4 is 16.2 Å². The van der Waals surface area contributed by atoms with Crippen molar-refractivity contribution in [1.82, 2.24) is 20.5 Å². The third-order valence-corrected chi connectivity index (χ3v) is 8.68. The number of carbonyl (C=O) groups is 1. The number of hydrogen-bond acceptors (Lipinski definition) is 6. The molecule has 0 spiro atoms. The number of halogens is 3. The van der Waals surface area contributed by atoms with Gasteiger partial charge in [0, 0.05) is 30.3 Å². The first kappa shape index (κ1) is 23.2. The van der Waals surface area contributed by atoms with Crippen molar-refractivity contribution < 1.29 is 26.4 Å². The molecular formula is C20H23F3N4O3S2. The zero-order valence-electron chi connectivity index (χ0n) is 16.9. The maximum Gasteiger partial charge on any atom is 0.417 e. The summed E-state index contributed by atoms with van der Waals surface area (Å²) in [5, 5.41) is 4.91. The van der Waals surface area contributed by atoms with Crippen LogP contribution in [0.1, 0.15) is 35.7 Å². The maximum atomic E-state index is 13.3. The Morgan fingerprint density at radius 2 is 1.81 bits per heavy atom. The minimum atomic E-state index is -4.77. The largest absolute Gasteiger partial charge is 0.417 e. The quantitative estimate of drug-likeness (QED) is 0.602. The normalized spacial score (nSPS) is 23.3. The van der Waals surface area contributed by atoms with Gasteiger partial charge in [-0.1, -0.05) is 18.2 Å². The summed E-state index contributed by atoms with van der Waals surface area (Å²) < 4.78 is 66.6. The van der Waals surface area contributed by atoms with Gasteiger partial charge in [0.15, 0.2) is 0 Å². The highest BCUT2D eigenvalue weighted by Gasteiger charge is 2.40. The average molecular weight is 489 g/mol. The molecule has 2 aromatic rings. The topological polar surface area (TPSA) is 90.5 Å². The fraction of sp³-hybridized carbons (Fsp3) is 0.450. The first-order chi connectivity index (χ1) is 15.2. The molecule has 0 saturated carbocycles. The molecule has 2 aliphatic heterocycles. The Bertz CT molecular complexity index is 1050. The predicted molar refractivity (Wildman–Crippen MR) is 113 cm³/mol. The third-order valence-electron chi connectivity index (χ3n) is 5.74. The molecule has 2 saturated heterocycles. The van der Waals surface area contributed by atoms with Crippen LogP contribution in [0, 0.1) is 5.92 Å². The Kier molecular flexibility index (Phi) is 6.59. The van der Waals surface area contributed by atoms with E-state index in [9.17, 15) is 26.4 Å². The Hall–Kier alpha value is -1.99. The van der Waals surface area contributed by atoms with E-state index in [1.165, 1.54) is 6.07 Å². The lowest BCUT2D eigenvalue weighted by atomic mass is 9.97. The van der Waals surface area contributed by atoms with Crippen molar-refractivity contribution in [2.75, 3.05) is 13.1 Å². The monoisotopic (exact) mass is 488 g/mol. The molecule has 174 valence electrons. The van der Waals surface area contributed by atoms with Crippen molar-refractivity contribution in [3.63, 3.8) is 0 Å². The summed E-state index contributed by atoms with van der Waals surface area (Å²) in [4.78, 5) is 13.1. The van der Waals surface area contributed by atoms with Crippen LogP contribution in [0.5, 0.6) is 0 Å². The number of carbonyl (C=O) groups excluding carboxylic acids is 1. The molecule has 1 amide bonds. The van der Waals surface area contributed by atoms with E-state index in [0.717, 1.165) is 27.4 Å². The van der Waals surface area contributed by atoms with Gasteiger partial charge >= 0.3 is 6.18 Å². The van der Waals surface area contributed by atoms with Crippen molar-refractivity contribution in [3.8, 4) is 0 Å². The van der Waals surface area contributed by atoms with Crippen LogP contribution in [0.3, 0.4) is 0 Å². The number of piperidine rings is 1. The van der Waals surface area contributed by atoms with Crippen LogP contribution >= 0.6 is 11.3 Å². The van der Waals surface area contributed by atoms with Crippen molar-refractivity contribution in [2.24, 2.45) is 5.92 Å². The van der Waals surface area contributed by atoms with Gasteiger partial charge in [-0.2, -0.15) is 17.5 Å². The van der Waals surface area contributed by atoms with Gasteiger partial charge < -0.3 is 5.32 Å². The molecule has 2 aliphatic rings. The lowest BCUT2D eigenvalue weighted by Gasteiger charge is -2.31. The van der Waals surface area contributed by atoms with Gasteiger partial charge in [-0.15, -0.1) is 11.3 Å². The number of sulfonamides is 1. The van der Waals surface area contributed by atoms with E-state index in [1.54, 1.807) is 11.3 Å². The second kappa shape index (κ2) is 9.10. The molecule has 2 fully saturated rings. The Labute approximate surface area is 188 Å². The summed E-state index contributed by atoms with van der Waals surface area (Å²) >= 11 is 1.62. The molecule has 3 N–H and O–H groups in total. The first-order valence-electron chi connectivity index (χ1n) is 10.2. The van der Waals surface area contributed by atoms with Gasteiger partial charge in [-0.05, 0) is 36.4 Å². The van der Waals surface area contributed by atoms with Crippen LogP contribution in [-0.4, -0.2) is 37.9 Å². The van der Waals surface area contributed by atoms with E-state index in [1.807, 2.05) is 17.5 Å². The van der Waals surface area contributed by atoms with E-state index in [0.29, 0.717) is 6.42 Å². The molecule has 2 atom stereocenters. The molecule has 4 rings (SSSR count). The highest BCUT2D eigenvalue weighted by Crippen LogP contribution is 2.36. The summed E-state index contributed by atoms with van der Waals surface area (Å²) in [5.41, 5.74) is 5.02. The first-order valence-corrected chi connectivity index (χ1v) is 12.5. The van der Waals surface area contributed by atoms with Crippen molar-refractivity contribution in [2.45, 2.75) is 42.5 Å². The zero-order chi connectivity index (χ0) is 22.9. The summed E-state index contributed by atoms with van der Waals surface area (Å²) in [5.74, 6) is -0.592. The summed E-state index contributed by atoms with van der Waals surface area (Å²) in [6, 6.07) is 8.24. The molecule has 1 aromatic carbocycles. The maximum absolute atomic E-state index is 13.3. The fourth-order valence-corrected chi connectivity index (χ4v) is 6.51. The van der Waals surface area contributed by atoms with E-state index in [4.69, 9.17) is 0 Å². The molecule has 12 heteroatoms. The van der Waals surface area contributed by atoms with Gasteiger partial charge in [0.1, 0.15) is 0 Å². The number of rotatable bonds is 5. The van der Waals surface area contributed by atoms with Crippen LogP contribution in [0.25, 0.3) is 0 Å². The zero-order valence-corrected chi connectivity index (χ0v) is 18.6. The number of alkyl halides is 3. The van der Waals surface area contributed by atoms with Crippen molar-refractivity contribution in [1.29, 1.82) is 0 Å². The fourth-order valence-electron chi connectivity index (χ4n) is 4.04. The predicted octanol–water partition coefficient (Wildman–Crippen LogP) is 2.85. The van der Waals surface area contributed by atoms with Crippen molar-refractivity contribution >= 4 is 27.3 Å². The number of hydrazine groups is 1. The highest BCUT2D eigenvalue weighted by molar-refractivity contribution is 7.89. The van der Waals surface area contributed by atoms with E-state index < -0.39 is 32.6 Å². The SMILES string of the molecule is O=C(NC1CC(c2cccs2)NN1)C1CCN(S(=O)(=O)c2ccccc2C(F)(F)F)CC1. The number of amides is 1. The number of nitrogens with zero attached hydrogens (tertiary/aromatic N) is 1. The number of nitrogens with one attached hydrogen (secondary N) is 3. The second-order valence-corrected chi connectivity index (χ2v) is 10.7. The summed E-state index contributed by atoms with van der Waals surface area (Å²) in [6.45, 7) is -0.0262. The number of hydrogen-bond donors (Lipinski definition) is 3. The summed E-state index contributed by atoms with van der Waals surface area (Å²) in [7, 11) is -4.32. The van der Waals surface area contributed by atoms with Crippen LogP contribution in [0.15, 0.2) is 46.7 Å². The Balaban J connectivity index is 1.35. The minimum absolute atomic E-state index is 0.0131. The Morgan fingerprint density at radius 1 is 1.09 bits per heavy atom. The van der Waals surface area contributed by atoms with E-state index in [-0.39, 0.29) is 44.0 Å². The smallest absolute Gasteiger partial charge is 0.339 e. The molecule has 2 unspecified atom stereocenters. The van der Waals surface area contributed by atoms with Gasteiger partial charge in [-0.25, -0.2) is 19.3 Å². The Morgan fingerprint density at radius 3 is 2.47 bits per heavy atom. The molecule has 0 aliphatic carbocycles. The van der Waals surface area contributed by atoms with Crippen LogP contribution in [-0.2, 0) is 21.0 Å². The third kappa shape index (κ3) is 4.84. The highest BCUT2D eigenvalue weighted by atomic mass is 32.2. The van der Waals surface area contributed by atoms with E-state index >= 15 is 0 Å². The second-order valence-electron chi connectivity index (χ2n) is 7.83. The van der Waals surface area contributed by atoms with Gasteiger partial charge in [0.05, 0.1) is 22.7 Å². The van der Waals surface area contributed by atoms with Crippen LogP contribution in [0.4, 0.5) is 13.2 Å². The minimum Gasteiger partial charge on any atom is -0.339 e. The van der Waals surface area contributed by atoms with Gasteiger partial charge in [-0.3, -0.25) is 4.79 Å². The lowest BCUT2D eigenvalue weighted by Crippen LogP contribution is -2.49. The molecular weight excluding hydrogens is 465 g/mol.